The van der Waals surface area contributed by atoms with Gasteiger partial charge in [0.15, 0.2) is 0 Å². The van der Waals surface area contributed by atoms with E-state index in [-0.39, 0.29) is 25.0 Å². The number of hydrogen-bond donors (Lipinski definition) is 4. The Bertz CT molecular complexity index is 353. The monoisotopic (exact) mass is 388 g/mol. The molecule has 0 aliphatic heterocycles. The van der Waals surface area contributed by atoms with Gasteiger partial charge in [-0.25, -0.2) is 0 Å². The third-order valence-corrected chi connectivity index (χ3v) is 4.24. The number of amides is 2. The molecule has 0 saturated carbocycles. The van der Waals surface area contributed by atoms with Gasteiger partial charge in [0.05, 0.1) is 13.2 Å². The van der Waals surface area contributed by atoms with Crippen molar-refractivity contribution >= 4 is 11.8 Å². The lowest BCUT2D eigenvalue weighted by Gasteiger charge is -2.25. The van der Waals surface area contributed by atoms with E-state index < -0.39 is 0 Å². The molecule has 0 aliphatic rings. The van der Waals surface area contributed by atoms with Crippen molar-refractivity contribution in [3.05, 3.63) is 0 Å². The van der Waals surface area contributed by atoms with E-state index in [0.29, 0.717) is 52.1 Å². The Morgan fingerprint density at radius 3 is 1.48 bits per heavy atom. The minimum absolute atomic E-state index is 0.0412. The molecule has 0 fully saturated rings. The molecular formula is C19H40N4O4. The molecule has 0 saturated heterocycles. The van der Waals surface area contributed by atoms with Crippen molar-refractivity contribution in [3.63, 3.8) is 0 Å². The van der Waals surface area contributed by atoms with E-state index in [9.17, 15) is 9.59 Å². The molecule has 0 unspecified atom stereocenters. The summed E-state index contributed by atoms with van der Waals surface area (Å²) >= 11 is 0. The first-order valence-corrected chi connectivity index (χ1v) is 10.3. The third-order valence-electron chi connectivity index (χ3n) is 4.24. The zero-order valence-electron chi connectivity index (χ0n) is 17.2. The van der Waals surface area contributed by atoms with Gasteiger partial charge in [-0.1, -0.05) is 13.8 Å². The van der Waals surface area contributed by atoms with Crippen LogP contribution >= 0.6 is 0 Å². The van der Waals surface area contributed by atoms with Crippen LogP contribution in [0, 0.1) is 0 Å². The van der Waals surface area contributed by atoms with Crippen LogP contribution in [0.15, 0.2) is 0 Å². The first kappa shape index (κ1) is 25.8. The highest BCUT2D eigenvalue weighted by Crippen LogP contribution is 2.00. The number of nitrogens with zero attached hydrogens (tertiary/aromatic N) is 2. The highest BCUT2D eigenvalue weighted by atomic mass is 16.3. The van der Waals surface area contributed by atoms with Crippen LogP contribution in [0.5, 0.6) is 0 Å². The minimum Gasteiger partial charge on any atom is -0.395 e. The lowest BCUT2D eigenvalue weighted by atomic mass is 10.2. The summed E-state index contributed by atoms with van der Waals surface area (Å²) in [7, 11) is 0. The van der Waals surface area contributed by atoms with E-state index in [4.69, 9.17) is 10.2 Å². The van der Waals surface area contributed by atoms with Gasteiger partial charge in [-0.3, -0.25) is 14.5 Å². The zero-order valence-corrected chi connectivity index (χ0v) is 17.2. The second-order valence-corrected chi connectivity index (χ2v) is 6.68. The van der Waals surface area contributed by atoms with E-state index in [1.165, 1.54) is 0 Å². The molecule has 0 aromatic rings. The molecule has 27 heavy (non-hydrogen) atoms. The lowest BCUT2D eigenvalue weighted by Crippen LogP contribution is -2.37. The minimum atomic E-state index is 0.0412. The second kappa shape index (κ2) is 18.2. The number of aliphatic hydroxyl groups excluding tert-OH is 2. The van der Waals surface area contributed by atoms with E-state index in [1.54, 1.807) is 0 Å². The summed E-state index contributed by atoms with van der Waals surface area (Å²) in [6.45, 7) is 9.42. The zero-order chi connectivity index (χ0) is 20.3. The molecule has 0 spiro atoms. The Balaban J connectivity index is 4.39. The normalized spacial score (nSPS) is 11.2. The van der Waals surface area contributed by atoms with Gasteiger partial charge in [0, 0.05) is 52.1 Å². The maximum absolute atomic E-state index is 11.9. The van der Waals surface area contributed by atoms with Crippen molar-refractivity contribution in [2.24, 2.45) is 0 Å². The maximum Gasteiger partial charge on any atom is 0.221 e. The number of carbonyl (C=O) groups excluding carboxylic acids is 2. The largest absolute Gasteiger partial charge is 0.395 e. The molecule has 0 radical (unpaired) electrons. The fourth-order valence-corrected chi connectivity index (χ4v) is 2.70. The third kappa shape index (κ3) is 15.5. The molecule has 4 N–H and O–H groups in total. The van der Waals surface area contributed by atoms with Gasteiger partial charge in [0.25, 0.3) is 0 Å². The molecular weight excluding hydrogens is 348 g/mol. The summed E-state index contributed by atoms with van der Waals surface area (Å²) < 4.78 is 0. The quantitative estimate of drug-likeness (QED) is 0.259. The van der Waals surface area contributed by atoms with E-state index >= 15 is 0 Å². The van der Waals surface area contributed by atoms with Crippen LogP contribution in [0.2, 0.25) is 0 Å². The van der Waals surface area contributed by atoms with Crippen molar-refractivity contribution in [2.75, 3.05) is 65.6 Å². The smallest absolute Gasteiger partial charge is 0.221 e. The van der Waals surface area contributed by atoms with Crippen LogP contribution in [0.1, 0.15) is 46.0 Å². The van der Waals surface area contributed by atoms with Crippen LogP contribution in [0.4, 0.5) is 0 Å². The Morgan fingerprint density at radius 2 is 1.11 bits per heavy atom. The summed E-state index contributed by atoms with van der Waals surface area (Å²) in [5.74, 6) is 0.0824. The molecule has 8 nitrogen and oxygen atoms in total. The van der Waals surface area contributed by atoms with Gasteiger partial charge in [-0.15, -0.1) is 0 Å². The fourth-order valence-electron chi connectivity index (χ4n) is 2.70. The number of carbonyl (C=O) groups is 2. The van der Waals surface area contributed by atoms with Gasteiger partial charge in [0.2, 0.25) is 11.8 Å². The first-order chi connectivity index (χ1) is 13.1. The standard InChI is InChI=1S/C19H40N4O4/c1-3-8-20-18(26)6-12-22(13-7-19(27)21-9-4-2)10-5-11-23(14-16-24)15-17-25/h24-25H,3-17H2,1-2H3,(H,20,26)(H,21,27). The highest BCUT2D eigenvalue weighted by molar-refractivity contribution is 5.76. The number of aliphatic hydroxyl groups is 2. The van der Waals surface area contributed by atoms with Gasteiger partial charge in [-0.2, -0.15) is 0 Å². The van der Waals surface area contributed by atoms with Crippen LogP contribution < -0.4 is 10.6 Å². The molecule has 0 bridgehead atoms. The second-order valence-electron chi connectivity index (χ2n) is 6.68. The van der Waals surface area contributed by atoms with Gasteiger partial charge in [-0.05, 0) is 32.4 Å². The van der Waals surface area contributed by atoms with E-state index in [0.717, 1.165) is 32.4 Å². The fraction of sp³-hybridized carbons (Fsp3) is 0.895. The molecule has 0 heterocycles. The molecule has 0 aliphatic carbocycles. The summed E-state index contributed by atoms with van der Waals surface area (Å²) in [5, 5.41) is 23.9. The lowest BCUT2D eigenvalue weighted by molar-refractivity contribution is -0.121. The predicted molar refractivity (Wildman–Crippen MR) is 108 cm³/mol. The Hall–Kier alpha value is -1.22. The van der Waals surface area contributed by atoms with Crippen molar-refractivity contribution in [2.45, 2.75) is 46.0 Å². The van der Waals surface area contributed by atoms with Gasteiger partial charge in [0.1, 0.15) is 0 Å². The average Bonchev–Trinajstić information content (AvgIpc) is 2.66. The Kier molecular flexibility index (Phi) is 17.3. The maximum atomic E-state index is 11.9. The SMILES string of the molecule is CCCNC(=O)CCN(CCCN(CCO)CCO)CCC(=O)NCCC. The molecule has 0 aromatic heterocycles. The Morgan fingerprint density at radius 1 is 0.704 bits per heavy atom. The molecule has 0 atom stereocenters. The van der Waals surface area contributed by atoms with Crippen LogP contribution in [0.25, 0.3) is 0 Å². The molecule has 0 rings (SSSR count). The van der Waals surface area contributed by atoms with Crippen LogP contribution in [0.3, 0.4) is 0 Å². The number of nitrogens with one attached hydrogen (secondary N) is 2. The van der Waals surface area contributed by atoms with Crippen LogP contribution in [-0.4, -0.2) is 97.4 Å². The number of rotatable bonds is 18. The highest BCUT2D eigenvalue weighted by Gasteiger charge is 2.12. The summed E-state index contributed by atoms with van der Waals surface area (Å²) in [5.41, 5.74) is 0. The van der Waals surface area contributed by atoms with Crippen molar-refractivity contribution in [1.82, 2.24) is 20.4 Å². The Labute approximate surface area is 164 Å². The summed E-state index contributed by atoms with van der Waals surface area (Å²) in [6.07, 6.45) is 3.53. The van der Waals surface area contributed by atoms with Crippen molar-refractivity contribution in [3.8, 4) is 0 Å². The topological polar surface area (TPSA) is 105 Å². The summed E-state index contributed by atoms with van der Waals surface area (Å²) in [6, 6.07) is 0. The summed E-state index contributed by atoms with van der Waals surface area (Å²) in [4.78, 5) is 27.9. The van der Waals surface area contributed by atoms with Crippen LogP contribution in [-0.2, 0) is 9.59 Å². The number of hydrogen-bond acceptors (Lipinski definition) is 6. The average molecular weight is 389 g/mol. The van der Waals surface area contributed by atoms with Gasteiger partial charge >= 0.3 is 0 Å². The first-order valence-electron chi connectivity index (χ1n) is 10.3. The van der Waals surface area contributed by atoms with E-state index in [2.05, 4.69) is 15.5 Å². The van der Waals surface area contributed by atoms with Crippen molar-refractivity contribution < 1.29 is 19.8 Å². The molecule has 8 heteroatoms. The predicted octanol–water partition coefficient (Wildman–Crippen LogP) is -0.202. The molecule has 0 aromatic carbocycles. The van der Waals surface area contributed by atoms with E-state index in [1.807, 2.05) is 18.7 Å². The molecule has 2 amide bonds. The van der Waals surface area contributed by atoms with Gasteiger partial charge < -0.3 is 25.7 Å². The van der Waals surface area contributed by atoms with Crippen molar-refractivity contribution in [1.29, 1.82) is 0 Å². The molecule has 160 valence electrons.